The number of likely N-dealkylation sites (N-methyl/N-ethyl adjacent to an activating group) is 1. The van der Waals surface area contributed by atoms with Crippen LogP contribution in [0, 0.1) is 5.92 Å². The van der Waals surface area contributed by atoms with Crippen LogP contribution < -0.4 is 14.8 Å². The number of hydrogen-bond acceptors (Lipinski definition) is 6. The van der Waals surface area contributed by atoms with Crippen molar-refractivity contribution in [2.45, 2.75) is 32.9 Å². The predicted molar refractivity (Wildman–Crippen MR) is 109 cm³/mol. The molecule has 0 spiro atoms. The van der Waals surface area contributed by atoms with Gasteiger partial charge in [0.2, 0.25) is 10.0 Å². The van der Waals surface area contributed by atoms with Gasteiger partial charge in [0.25, 0.3) is 5.91 Å². The highest BCUT2D eigenvalue weighted by Gasteiger charge is 2.25. The maximum Gasteiger partial charge on any atom is 0.257 e. The molecule has 158 valence electrons. The van der Waals surface area contributed by atoms with Gasteiger partial charge in [-0.05, 0) is 38.0 Å². The van der Waals surface area contributed by atoms with Crippen LogP contribution in [0.25, 0.3) is 0 Å². The van der Waals surface area contributed by atoms with E-state index in [0.717, 1.165) is 6.54 Å². The zero-order valence-electron chi connectivity index (χ0n) is 17.2. The summed E-state index contributed by atoms with van der Waals surface area (Å²) in [5.41, 5.74) is 0.648. The normalized spacial score (nSPS) is 24.5. The zero-order valence-corrected chi connectivity index (χ0v) is 18.0. The average Bonchev–Trinajstić information content (AvgIpc) is 2.67. The molecule has 0 saturated carbocycles. The van der Waals surface area contributed by atoms with E-state index in [1.165, 1.54) is 6.07 Å². The van der Waals surface area contributed by atoms with Crippen molar-refractivity contribution in [3.8, 4) is 5.75 Å². The van der Waals surface area contributed by atoms with E-state index in [0.29, 0.717) is 30.2 Å². The van der Waals surface area contributed by atoms with E-state index >= 15 is 0 Å². The second-order valence-corrected chi connectivity index (χ2v) is 9.28. The minimum Gasteiger partial charge on any atom is -0.491 e. The second kappa shape index (κ2) is 9.58. The molecule has 9 heteroatoms. The summed E-state index contributed by atoms with van der Waals surface area (Å²) >= 11 is 0. The maximum atomic E-state index is 13.1. The van der Waals surface area contributed by atoms with E-state index in [1.807, 2.05) is 6.92 Å². The highest BCUT2D eigenvalue weighted by Crippen LogP contribution is 2.26. The van der Waals surface area contributed by atoms with E-state index in [-0.39, 0.29) is 29.7 Å². The molecule has 1 aliphatic rings. The van der Waals surface area contributed by atoms with Crippen LogP contribution in [-0.2, 0) is 14.8 Å². The fourth-order valence-electron chi connectivity index (χ4n) is 2.98. The molecule has 1 aromatic rings. The Bertz CT molecular complexity index is 784. The molecular formula is C19H31N3O5S. The summed E-state index contributed by atoms with van der Waals surface area (Å²) in [4.78, 5) is 14.7. The second-order valence-electron chi connectivity index (χ2n) is 7.27. The standard InChI is InChI=1S/C19H31N3O5S/c1-6-28(24,25)21-15-7-8-17-16(9-15)19(23)22(4)11-18(26-5)13(2)10-20-14(3)12-27-17/h7-9,13-14,18,20-21H,6,10-12H2,1-5H3/t13-,14-,18+/m0/s1. The molecule has 1 aromatic carbocycles. The van der Waals surface area contributed by atoms with E-state index in [2.05, 4.69) is 17.0 Å². The smallest absolute Gasteiger partial charge is 0.257 e. The van der Waals surface area contributed by atoms with Gasteiger partial charge in [0.15, 0.2) is 0 Å². The quantitative estimate of drug-likeness (QED) is 0.777. The molecule has 1 amide bonds. The van der Waals surface area contributed by atoms with Gasteiger partial charge in [-0.1, -0.05) is 6.92 Å². The highest BCUT2D eigenvalue weighted by atomic mass is 32.2. The monoisotopic (exact) mass is 413 g/mol. The number of nitrogens with one attached hydrogen (secondary N) is 2. The molecule has 0 unspecified atom stereocenters. The summed E-state index contributed by atoms with van der Waals surface area (Å²) in [6.45, 7) is 7.18. The fourth-order valence-corrected chi connectivity index (χ4v) is 3.61. The first kappa shape index (κ1) is 22.4. The highest BCUT2D eigenvalue weighted by molar-refractivity contribution is 7.92. The predicted octanol–water partition coefficient (Wildman–Crippen LogP) is 1.54. The average molecular weight is 414 g/mol. The molecule has 28 heavy (non-hydrogen) atoms. The van der Waals surface area contributed by atoms with E-state index < -0.39 is 10.0 Å². The Hall–Kier alpha value is -1.84. The van der Waals surface area contributed by atoms with Crippen LogP contribution in [0.5, 0.6) is 5.75 Å². The zero-order chi connectivity index (χ0) is 20.9. The van der Waals surface area contributed by atoms with Crippen LogP contribution in [0.1, 0.15) is 31.1 Å². The summed E-state index contributed by atoms with van der Waals surface area (Å²) < 4.78 is 37.7. The van der Waals surface area contributed by atoms with Crippen molar-refractivity contribution in [3.63, 3.8) is 0 Å². The van der Waals surface area contributed by atoms with Gasteiger partial charge in [0, 0.05) is 39.0 Å². The molecule has 0 aromatic heterocycles. The molecule has 8 nitrogen and oxygen atoms in total. The number of methoxy groups -OCH3 is 1. The van der Waals surface area contributed by atoms with Gasteiger partial charge in [0.05, 0.1) is 17.4 Å². The fraction of sp³-hybridized carbons (Fsp3) is 0.632. The van der Waals surface area contributed by atoms with Crippen molar-refractivity contribution in [3.05, 3.63) is 23.8 Å². The Morgan fingerprint density at radius 1 is 1.36 bits per heavy atom. The molecule has 0 saturated heterocycles. The molecule has 0 fully saturated rings. The number of nitrogens with zero attached hydrogens (tertiary/aromatic N) is 1. The van der Waals surface area contributed by atoms with Crippen molar-refractivity contribution in [1.82, 2.24) is 10.2 Å². The lowest BCUT2D eigenvalue weighted by Crippen LogP contribution is -2.44. The lowest BCUT2D eigenvalue weighted by Gasteiger charge is -2.30. The number of ether oxygens (including phenoxy) is 2. The van der Waals surface area contributed by atoms with Crippen LogP contribution in [-0.4, -0.2) is 71.0 Å². The molecule has 0 aliphatic carbocycles. The molecule has 2 N–H and O–H groups in total. The van der Waals surface area contributed by atoms with Crippen molar-refractivity contribution in [1.29, 1.82) is 0 Å². The van der Waals surface area contributed by atoms with Gasteiger partial charge in [-0.2, -0.15) is 0 Å². The molecule has 1 aliphatic heterocycles. The van der Waals surface area contributed by atoms with Crippen LogP contribution in [0.4, 0.5) is 5.69 Å². The van der Waals surface area contributed by atoms with Crippen molar-refractivity contribution >= 4 is 21.6 Å². The number of amides is 1. The Morgan fingerprint density at radius 3 is 2.71 bits per heavy atom. The van der Waals surface area contributed by atoms with Crippen molar-refractivity contribution in [2.75, 3.05) is 44.3 Å². The van der Waals surface area contributed by atoms with Gasteiger partial charge in [-0.15, -0.1) is 0 Å². The largest absolute Gasteiger partial charge is 0.491 e. The molecule has 0 radical (unpaired) electrons. The molecule has 1 heterocycles. The van der Waals surface area contributed by atoms with Crippen molar-refractivity contribution in [2.24, 2.45) is 5.92 Å². The number of anilines is 1. The van der Waals surface area contributed by atoms with Gasteiger partial charge in [-0.3, -0.25) is 9.52 Å². The van der Waals surface area contributed by atoms with Crippen LogP contribution in [0.3, 0.4) is 0 Å². The topological polar surface area (TPSA) is 97.0 Å². The van der Waals surface area contributed by atoms with Crippen molar-refractivity contribution < 1.29 is 22.7 Å². The molecule has 0 bridgehead atoms. The Labute approximate surface area is 167 Å². The third-order valence-electron chi connectivity index (χ3n) is 4.88. The lowest BCUT2D eigenvalue weighted by atomic mass is 10.0. The third kappa shape index (κ3) is 5.83. The molecule has 2 rings (SSSR count). The number of hydrogen-bond donors (Lipinski definition) is 2. The van der Waals surface area contributed by atoms with Gasteiger partial charge in [0.1, 0.15) is 12.4 Å². The van der Waals surface area contributed by atoms with Crippen LogP contribution in [0.15, 0.2) is 18.2 Å². The first-order chi connectivity index (χ1) is 13.2. The van der Waals surface area contributed by atoms with Crippen LogP contribution in [0.2, 0.25) is 0 Å². The van der Waals surface area contributed by atoms with Gasteiger partial charge < -0.3 is 19.7 Å². The number of carbonyl (C=O) groups excluding carboxylic acids is 1. The van der Waals surface area contributed by atoms with E-state index in [4.69, 9.17) is 9.47 Å². The number of benzene rings is 1. The Balaban J connectivity index is 2.40. The lowest BCUT2D eigenvalue weighted by molar-refractivity contribution is 0.0281. The Kier molecular flexibility index (Phi) is 7.68. The number of sulfonamides is 1. The number of rotatable bonds is 4. The summed E-state index contributed by atoms with van der Waals surface area (Å²) in [5.74, 6) is 0.324. The molecule has 3 atom stereocenters. The maximum absolute atomic E-state index is 13.1. The third-order valence-corrected chi connectivity index (χ3v) is 6.19. The molecular weight excluding hydrogens is 382 g/mol. The summed E-state index contributed by atoms with van der Waals surface area (Å²) in [6, 6.07) is 4.84. The van der Waals surface area contributed by atoms with E-state index in [1.54, 1.807) is 38.1 Å². The summed E-state index contributed by atoms with van der Waals surface area (Å²) in [6.07, 6.45) is -0.126. The first-order valence-corrected chi connectivity index (χ1v) is 11.1. The summed E-state index contributed by atoms with van der Waals surface area (Å²) in [5, 5.41) is 3.42. The number of carbonyl (C=O) groups is 1. The Morgan fingerprint density at radius 2 is 2.07 bits per heavy atom. The minimum absolute atomic E-state index is 0.0506. The SMILES string of the molecule is CCS(=O)(=O)Nc1ccc2c(c1)C(=O)N(C)C[C@@H](OC)[C@@H](C)CN[C@@H](C)CO2. The minimum atomic E-state index is -3.44. The van der Waals surface area contributed by atoms with Crippen LogP contribution >= 0.6 is 0 Å². The van der Waals surface area contributed by atoms with Gasteiger partial charge in [-0.25, -0.2) is 8.42 Å². The van der Waals surface area contributed by atoms with E-state index in [9.17, 15) is 13.2 Å². The van der Waals surface area contributed by atoms with Gasteiger partial charge >= 0.3 is 0 Å². The number of fused-ring (bicyclic) bond motifs is 1. The summed E-state index contributed by atoms with van der Waals surface area (Å²) in [7, 11) is -0.0983. The first-order valence-electron chi connectivity index (χ1n) is 9.45.